The predicted molar refractivity (Wildman–Crippen MR) is 92.9 cm³/mol. The molecule has 2 aromatic heterocycles. The smallest absolute Gasteiger partial charge is 0.143 e. The van der Waals surface area contributed by atoms with Crippen molar-refractivity contribution in [2.75, 3.05) is 12.4 Å². The molecule has 21 heavy (non-hydrogen) atoms. The molecule has 3 nitrogen and oxygen atoms in total. The van der Waals surface area contributed by atoms with Gasteiger partial charge in [0.15, 0.2) is 0 Å². The minimum Gasteiger partial charge on any atom is -0.361 e. The number of hydrogen-bond acceptors (Lipinski definition) is 3. The molecule has 1 aliphatic heterocycles. The summed E-state index contributed by atoms with van der Waals surface area (Å²) in [5.41, 5.74) is 2.48. The Kier molecular flexibility index (Phi) is 4.43. The Balaban J connectivity index is 1.71. The van der Waals surface area contributed by atoms with E-state index in [1.165, 1.54) is 40.6 Å². The van der Waals surface area contributed by atoms with Crippen molar-refractivity contribution in [3.8, 4) is 0 Å². The third kappa shape index (κ3) is 3.70. The highest BCUT2D eigenvalue weighted by Gasteiger charge is 2.15. The first kappa shape index (κ1) is 15.1. The summed E-state index contributed by atoms with van der Waals surface area (Å²) in [6.45, 7) is 8.62. The van der Waals surface area contributed by atoms with Crippen molar-refractivity contribution >= 4 is 30.9 Å². The van der Waals surface area contributed by atoms with E-state index in [0.717, 1.165) is 12.3 Å². The van der Waals surface area contributed by atoms with Gasteiger partial charge in [0.05, 0.1) is 0 Å². The maximum atomic E-state index is 5.86. The summed E-state index contributed by atoms with van der Waals surface area (Å²) in [6.07, 6.45) is 4.54. The van der Waals surface area contributed by atoms with Crippen molar-refractivity contribution in [2.45, 2.75) is 50.3 Å². The quantitative estimate of drug-likeness (QED) is 0.604. The van der Waals surface area contributed by atoms with Crippen LogP contribution in [0.4, 0.5) is 0 Å². The number of hydrogen-bond donors (Lipinski definition) is 0. The van der Waals surface area contributed by atoms with Gasteiger partial charge in [-0.15, -0.1) is 11.8 Å². The van der Waals surface area contributed by atoms with E-state index in [-0.39, 0.29) is 0 Å². The first-order valence-electron chi connectivity index (χ1n) is 7.72. The van der Waals surface area contributed by atoms with Crippen LogP contribution in [0.15, 0.2) is 23.4 Å². The SMILES string of the molecule is C[Si](C)(C)CCOCn1ccc2cc3c(nc21)SCCC3. The van der Waals surface area contributed by atoms with Crippen molar-refractivity contribution < 1.29 is 4.74 Å². The number of rotatable bonds is 5. The van der Waals surface area contributed by atoms with Crippen molar-refractivity contribution in [2.24, 2.45) is 0 Å². The fraction of sp³-hybridized carbons (Fsp3) is 0.562. The van der Waals surface area contributed by atoms with E-state index in [4.69, 9.17) is 9.72 Å². The van der Waals surface area contributed by atoms with Gasteiger partial charge in [0, 0.05) is 26.3 Å². The fourth-order valence-corrected chi connectivity index (χ4v) is 4.26. The Morgan fingerprint density at radius 1 is 1.38 bits per heavy atom. The lowest BCUT2D eigenvalue weighted by atomic mass is 10.1. The lowest BCUT2D eigenvalue weighted by Gasteiger charge is -2.16. The van der Waals surface area contributed by atoms with E-state index in [0.29, 0.717) is 6.73 Å². The van der Waals surface area contributed by atoms with Gasteiger partial charge in [-0.3, -0.25) is 0 Å². The van der Waals surface area contributed by atoms with E-state index in [1.807, 2.05) is 11.8 Å². The molecule has 0 aliphatic carbocycles. The van der Waals surface area contributed by atoms with Gasteiger partial charge in [-0.05, 0) is 42.3 Å². The monoisotopic (exact) mass is 320 g/mol. The van der Waals surface area contributed by atoms with Gasteiger partial charge < -0.3 is 9.30 Å². The molecule has 2 aromatic rings. The molecule has 0 N–H and O–H groups in total. The molecule has 0 bridgehead atoms. The predicted octanol–water partition coefficient (Wildman–Crippen LogP) is 4.39. The molecule has 0 spiro atoms. The molecule has 114 valence electrons. The number of thioether (sulfide) groups is 1. The van der Waals surface area contributed by atoms with Crippen LogP contribution in [0.5, 0.6) is 0 Å². The summed E-state index contributed by atoms with van der Waals surface area (Å²) in [5.74, 6) is 1.19. The number of aromatic nitrogens is 2. The van der Waals surface area contributed by atoms with Gasteiger partial charge in [-0.2, -0.15) is 0 Å². The third-order valence-corrected chi connectivity index (χ3v) is 6.66. The van der Waals surface area contributed by atoms with Crippen LogP contribution in [0.25, 0.3) is 11.0 Å². The maximum absolute atomic E-state index is 5.86. The zero-order valence-electron chi connectivity index (χ0n) is 13.2. The molecular formula is C16H24N2OSSi. The molecule has 1 aliphatic rings. The summed E-state index contributed by atoms with van der Waals surface area (Å²) < 4.78 is 7.99. The highest BCUT2D eigenvalue weighted by atomic mass is 32.2. The van der Waals surface area contributed by atoms with Gasteiger partial charge in [0.25, 0.3) is 0 Å². The molecule has 0 fully saturated rings. The average molecular weight is 321 g/mol. The standard InChI is InChI=1S/C16H24N2OSSi/c1-21(2,3)10-8-19-12-18-7-6-13-11-14-5-4-9-20-16(14)17-15(13)18/h6-7,11H,4-5,8-10,12H2,1-3H3. The van der Waals surface area contributed by atoms with Crippen LogP contribution in [0.2, 0.25) is 25.7 Å². The van der Waals surface area contributed by atoms with Crippen LogP contribution >= 0.6 is 11.8 Å². The molecule has 3 rings (SSSR count). The third-order valence-electron chi connectivity index (χ3n) is 3.83. The molecule has 0 saturated carbocycles. The van der Waals surface area contributed by atoms with Crippen molar-refractivity contribution in [1.29, 1.82) is 0 Å². The molecule has 0 aromatic carbocycles. The van der Waals surface area contributed by atoms with E-state index < -0.39 is 8.07 Å². The van der Waals surface area contributed by atoms with Crippen LogP contribution in [-0.2, 0) is 17.9 Å². The van der Waals surface area contributed by atoms with Gasteiger partial charge in [0.1, 0.15) is 17.4 Å². The summed E-state index contributed by atoms with van der Waals surface area (Å²) in [4.78, 5) is 4.86. The van der Waals surface area contributed by atoms with E-state index in [9.17, 15) is 0 Å². The molecular weight excluding hydrogens is 296 g/mol. The van der Waals surface area contributed by atoms with Gasteiger partial charge in [0.2, 0.25) is 0 Å². The first-order valence-corrected chi connectivity index (χ1v) is 12.4. The van der Waals surface area contributed by atoms with Gasteiger partial charge in [-0.1, -0.05) is 19.6 Å². The molecule has 3 heterocycles. The van der Waals surface area contributed by atoms with E-state index in [1.54, 1.807) is 0 Å². The topological polar surface area (TPSA) is 27.1 Å². The summed E-state index contributed by atoms with van der Waals surface area (Å²) >= 11 is 1.89. The van der Waals surface area contributed by atoms with Gasteiger partial charge in [-0.25, -0.2) is 4.98 Å². The molecule has 0 radical (unpaired) electrons. The van der Waals surface area contributed by atoms with Crippen LogP contribution in [0.1, 0.15) is 12.0 Å². The molecule has 0 amide bonds. The summed E-state index contributed by atoms with van der Waals surface area (Å²) in [6, 6.07) is 5.68. The Labute approximate surface area is 132 Å². The second-order valence-electron chi connectivity index (χ2n) is 6.95. The maximum Gasteiger partial charge on any atom is 0.143 e. The zero-order valence-corrected chi connectivity index (χ0v) is 15.0. The normalized spacial score (nSPS) is 15.4. The number of pyridine rings is 1. The van der Waals surface area contributed by atoms with Crippen molar-refractivity contribution in [3.63, 3.8) is 0 Å². The average Bonchev–Trinajstić information content (AvgIpc) is 2.82. The number of aryl methyl sites for hydroxylation is 1. The second kappa shape index (κ2) is 6.14. The molecule has 0 atom stereocenters. The minimum atomic E-state index is -1.01. The lowest BCUT2D eigenvalue weighted by Crippen LogP contribution is -2.22. The molecule has 0 unspecified atom stereocenters. The fourth-order valence-electron chi connectivity index (χ4n) is 2.52. The Morgan fingerprint density at radius 2 is 2.24 bits per heavy atom. The zero-order chi connectivity index (χ0) is 14.9. The van der Waals surface area contributed by atoms with Crippen LogP contribution in [0.3, 0.4) is 0 Å². The second-order valence-corrected chi connectivity index (χ2v) is 13.7. The van der Waals surface area contributed by atoms with Crippen molar-refractivity contribution in [3.05, 3.63) is 23.9 Å². The van der Waals surface area contributed by atoms with Crippen molar-refractivity contribution in [1.82, 2.24) is 9.55 Å². The Morgan fingerprint density at radius 3 is 3.05 bits per heavy atom. The Bertz CT molecular complexity index is 633. The van der Waals surface area contributed by atoms with Crippen LogP contribution in [-0.4, -0.2) is 30.0 Å². The minimum absolute atomic E-state index is 0.616. The number of nitrogens with zero attached hydrogens (tertiary/aromatic N) is 2. The highest BCUT2D eigenvalue weighted by molar-refractivity contribution is 7.99. The Hall–Kier alpha value is -0.783. The van der Waals surface area contributed by atoms with E-state index >= 15 is 0 Å². The summed E-state index contributed by atoms with van der Waals surface area (Å²) in [5, 5.41) is 2.46. The summed E-state index contributed by atoms with van der Waals surface area (Å²) in [7, 11) is -1.01. The van der Waals surface area contributed by atoms with Crippen LogP contribution in [0, 0.1) is 0 Å². The first-order chi connectivity index (χ1) is 10.0. The largest absolute Gasteiger partial charge is 0.361 e. The van der Waals surface area contributed by atoms with Crippen LogP contribution < -0.4 is 0 Å². The number of fused-ring (bicyclic) bond motifs is 2. The van der Waals surface area contributed by atoms with Gasteiger partial charge >= 0.3 is 0 Å². The van der Waals surface area contributed by atoms with E-state index in [2.05, 4.69) is 42.5 Å². The molecule has 5 heteroatoms. The highest BCUT2D eigenvalue weighted by Crippen LogP contribution is 2.31. The lowest BCUT2D eigenvalue weighted by molar-refractivity contribution is 0.0898. The molecule has 0 saturated heterocycles. The number of ether oxygens (including phenoxy) is 1.